The van der Waals surface area contributed by atoms with Crippen LogP contribution in [0.25, 0.3) is 111 Å². The Bertz CT molecular complexity index is 4390. The molecule has 12 aromatic rings. The van der Waals surface area contributed by atoms with Gasteiger partial charge in [0.05, 0.1) is 48.2 Å². The maximum atomic E-state index is 9.89. The Morgan fingerprint density at radius 3 is 2.02 bits per heavy atom. The second-order valence-electron chi connectivity index (χ2n) is 13.3. The van der Waals surface area contributed by atoms with Crippen molar-refractivity contribution in [3.63, 3.8) is 0 Å². The summed E-state index contributed by atoms with van der Waals surface area (Å²) in [5.41, 5.74) is 1.78. The third-order valence-electron chi connectivity index (χ3n) is 10.2. The highest BCUT2D eigenvalue weighted by Crippen LogP contribution is 2.42. The molecule has 6 nitrogen and oxygen atoms in total. The highest BCUT2D eigenvalue weighted by molar-refractivity contribution is 6.26. The molecule has 0 saturated heterocycles. The van der Waals surface area contributed by atoms with Crippen molar-refractivity contribution in [3.8, 4) is 45.5 Å². The first-order valence-electron chi connectivity index (χ1n) is 25.4. The van der Waals surface area contributed by atoms with Crippen molar-refractivity contribution in [2.45, 2.75) is 0 Å². The van der Waals surface area contributed by atoms with Crippen LogP contribution in [0.2, 0.25) is 0 Å². The van der Waals surface area contributed by atoms with E-state index in [1.807, 2.05) is 84.9 Å². The summed E-state index contributed by atoms with van der Waals surface area (Å²) in [6.07, 6.45) is 0. The minimum Gasteiger partial charge on any atom is -0.455 e. The van der Waals surface area contributed by atoms with Crippen LogP contribution in [0.5, 0.6) is 0 Å². The molecule has 266 valence electrons. The molecule has 0 amide bonds. The molecule has 4 aromatic heterocycles. The molecule has 0 aliphatic carbocycles. The van der Waals surface area contributed by atoms with Crippen LogP contribution >= 0.6 is 0 Å². The lowest BCUT2D eigenvalue weighted by Crippen LogP contribution is -2.06. The van der Waals surface area contributed by atoms with E-state index in [0.29, 0.717) is 22.3 Å². The zero-order valence-corrected chi connectivity index (χ0v) is 29.4. The van der Waals surface area contributed by atoms with Crippen LogP contribution in [0.3, 0.4) is 0 Å². The second kappa shape index (κ2) is 12.3. The quantitative estimate of drug-likeness (QED) is 0.176. The Morgan fingerprint density at radius 1 is 0.456 bits per heavy atom. The van der Waals surface area contributed by atoms with Gasteiger partial charge in [-0.25, -0.2) is 4.98 Å². The van der Waals surface area contributed by atoms with Crippen molar-refractivity contribution in [2.24, 2.45) is 0 Å². The maximum absolute atomic E-state index is 9.89. The summed E-state index contributed by atoms with van der Waals surface area (Å²) in [5, 5.41) is 0.441. The van der Waals surface area contributed by atoms with Crippen LogP contribution in [0.15, 0.2) is 192 Å². The average molecular weight is 745 g/mol. The number of hydrogen-bond acceptors (Lipinski definition) is 4. The molecule has 0 unspecified atom stereocenters. The summed E-state index contributed by atoms with van der Waals surface area (Å²) in [6, 6.07) is 19.3. The van der Waals surface area contributed by atoms with Gasteiger partial charge in [-0.2, -0.15) is 9.97 Å². The predicted molar refractivity (Wildman–Crippen MR) is 232 cm³/mol. The molecular formula is C51H31N5O. The van der Waals surface area contributed by atoms with Gasteiger partial charge in [-0.05, 0) is 59.5 Å². The minimum absolute atomic E-state index is 0.0520. The number of hydrogen-bond donors (Lipinski definition) is 0. The Hall–Kier alpha value is -7.83. The Morgan fingerprint density at radius 2 is 1.14 bits per heavy atom. The van der Waals surface area contributed by atoms with Gasteiger partial charge >= 0.3 is 0 Å². The molecule has 0 saturated carbocycles. The minimum atomic E-state index is -0.785. The second-order valence-corrected chi connectivity index (χ2v) is 13.3. The molecule has 0 spiro atoms. The average Bonchev–Trinajstić information content (AvgIpc) is 4.08. The van der Waals surface area contributed by atoms with Gasteiger partial charge in [0.25, 0.3) is 0 Å². The van der Waals surface area contributed by atoms with Crippen LogP contribution in [0.1, 0.15) is 20.6 Å². The summed E-state index contributed by atoms with van der Waals surface area (Å²) in [7, 11) is 0. The van der Waals surface area contributed by atoms with Gasteiger partial charge in [0, 0.05) is 43.6 Å². The SMILES string of the molecule is [2H]c1c([2H])c([2H])c(-n2c3c([2H])c([2H])c([2H])c([2H])c3c3c([2H])c([2H])c4c(c5c([2H])c([2H])c([2H])c([2H])c5n4-c4nc(-c5cccc(-c6ccccc6)c5)nc(-c5cccc6c5oc5ccccc56)n4)c32)c([2H])c1[2H]. The molecule has 0 bridgehead atoms. The van der Waals surface area contributed by atoms with Gasteiger partial charge in [0.15, 0.2) is 11.6 Å². The van der Waals surface area contributed by atoms with Gasteiger partial charge in [0.1, 0.15) is 11.2 Å². The monoisotopic (exact) mass is 744 g/mol. The lowest BCUT2D eigenvalue weighted by molar-refractivity contribution is 0.669. The molecule has 12 rings (SSSR count). The zero-order chi connectivity index (χ0) is 50.5. The Labute approximate surface area is 347 Å². The largest absolute Gasteiger partial charge is 0.455 e. The van der Waals surface area contributed by atoms with Gasteiger partial charge in [0.2, 0.25) is 5.95 Å². The third-order valence-corrected chi connectivity index (χ3v) is 10.2. The Balaban J connectivity index is 1.32. The fourth-order valence-corrected chi connectivity index (χ4v) is 7.71. The summed E-state index contributed by atoms with van der Waals surface area (Å²) in [6.45, 7) is 0. The molecule has 0 N–H and O–H groups in total. The van der Waals surface area contributed by atoms with E-state index in [1.54, 1.807) is 12.1 Å². The van der Waals surface area contributed by atoms with Crippen LogP contribution in [0, 0.1) is 0 Å². The first kappa shape index (κ1) is 20.2. The smallest absolute Gasteiger partial charge is 0.238 e. The van der Waals surface area contributed by atoms with Gasteiger partial charge < -0.3 is 8.98 Å². The van der Waals surface area contributed by atoms with E-state index in [4.69, 9.17) is 29.0 Å². The summed E-state index contributed by atoms with van der Waals surface area (Å²) in [4.78, 5) is 15.0. The fraction of sp³-hybridized carbons (Fsp3) is 0. The highest BCUT2D eigenvalue weighted by atomic mass is 16.3. The highest BCUT2D eigenvalue weighted by Gasteiger charge is 2.24. The number of para-hydroxylation sites is 5. The van der Waals surface area contributed by atoms with Crippen molar-refractivity contribution in [2.75, 3.05) is 0 Å². The lowest BCUT2D eigenvalue weighted by atomic mass is 10.0. The van der Waals surface area contributed by atoms with Crippen molar-refractivity contribution >= 4 is 65.6 Å². The van der Waals surface area contributed by atoms with Crippen LogP contribution < -0.4 is 0 Å². The fourth-order valence-electron chi connectivity index (χ4n) is 7.71. The van der Waals surface area contributed by atoms with Crippen LogP contribution in [0.4, 0.5) is 0 Å². The van der Waals surface area contributed by atoms with E-state index >= 15 is 0 Å². The molecule has 0 aliphatic rings. The maximum Gasteiger partial charge on any atom is 0.238 e. The first-order chi connectivity index (χ1) is 34.5. The number of aromatic nitrogens is 5. The van der Waals surface area contributed by atoms with E-state index < -0.39 is 102 Å². The van der Waals surface area contributed by atoms with E-state index in [2.05, 4.69) is 0 Å². The van der Waals surface area contributed by atoms with Crippen LogP contribution in [-0.4, -0.2) is 24.1 Å². The van der Waals surface area contributed by atoms with Crippen molar-refractivity contribution in [1.82, 2.24) is 24.1 Å². The number of fused-ring (bicyclic) bond motifs is 10. The number of rotatable bonds is 5. The normalized spacial score (nSPS) is 15.5. The van der Waals surface area contributed by atoms with Crippen molar-refractivity contribution < 1.29 is 25.0 Å². The Kier molecular flexibility index (Phi) is 4.37. The molecule has 0 aliphatic heterocycles. The third kappa shape index (κ3) is 4.81. The standard InChI is InChI=1S/C51H31N5O/c1-3-15-32(16-4-1)33-17-13-18-34(31-33)49-52-50(41-25-14-24-39-37-22-9-12-28-45(37)57-48(39)41)54-51(53-49)56-43-27-11-8-23-40(43)46-44(56)30-29-38-36-21-7-10-26-42(36)55(47(38)46)35-19-5-2-6-20-35/h1-31H/i2D,5D,6D,7D,8D,10D,11D,19D,20D,21D,23D,26D,27D,29D,30D. The summed E-state index contributed by atoms with van der Waals surface area (Å²) >= 11 is 0. The van der Waals surface area contributed by atoms with E-state index in [-0.39, 0.29) is 55.7 Å². The molecule has 57 heavy (non-hydrogen) atoms. The summed E-state index contributed by atoms with van der Waals surface area (Å²) < 4.78 is 145. The molecule has 0 fully saturated rings. The number of furan rings is 1. The van der Waals surface area contributed by atoms with Gasteiger partial charge in [-0.15, -0.1) is 0 Å². The number of benzene rings is 8. The first-order valence-corrected chi connectivity index (χ1v) is 17.9. The molecule has 6 heteroatoms. The van der Waals surface area contributed by atoms with E-state index in [1.165, 1.54) is 4.57 Å². The molecule has 8 aromatic carbocycles. The van der Waals surface area contributed by atoms with E-state index in [0.717, 1.165) is 26.5 Å². The zero-order valence-electron chi connectivity index (χ0n) is 44.4. The topological polar surface area (TPSA) is 61.7 Å². The number of nitrogens with zero attached hydrogens (tertiary/aromatic N) is 5. The summed E-state index contributed by atoms with van der Waals surface area (Å²) in [5.74, 6) is -0.135. The van der Waals surface area contributed by atoms with Crippen molar-refractivity contribution in [3.05, 3.63) is 188 Å². The molecular weight excluding hydrogens is 699 g/mol. The van der Waals surface area contributed by atoms with Gasteiger partial charge in [-0.1, -0.05) is 139 Å². The molecule has 4 heterocycles. The van der Waals surface area contributed by atoms with E-state index in [9.17, 15) is 11.0 Å². The van der Waals surface area contributed by atoms with Gasteiger partial charge in [-0.3, -0.25) is 4.57 Å². The molecule has 0 atom stereocenters. The molecule has 0 radical (unpaired) electrons. The predicted octanol–water partition coefficient (Wildman–Crippen LogP) is 13.0. The van der Waals surface area contributed by atoms with Crippen LogP contribution in [-0.2, 0) is 0 Å². The van der Waals surface area contributed by atoms with Crippen molar-refractivity contribution in [1.29, 1.82) is 0 Å². The lowest BCUT2D eigenvalue weighted by Gasteiger charge is -2.12.